The third kappa shape index (κ3) is 5.54. The van der Waals surface area contributed by atoms with Crippen LogP contribution in [-0.4, -0.2) is 66.1 Å². The first-order valence-corrected chi connectivity index (χ1v) is 10.8. The summed E-state index contributed by atoms with van der Waals surface area (Å²) in [5, 5.41) is 6.08. The van der Waals surface area contributed by atoms with Gasteiger partial charge in [-0.15, -0.1) is 0 Å². The van der Waals surface area contributed by atoms with Crippen molar-refractivity contribution >= 4 is 11.8 Å². The SMILES string of the molecule is CC(C)C(NC(=O)c1ccncc1)C(=O)NCC1(N2CCOCC2)CCCCC1. The standard InChI is InChI=1S/C22H34N4O3/c1-17(2)19(25-20(27)18-6-10-23-11-7-18)21(28)24-16-22(8-4-3-5-9-22)26-12-14-29-15-13-26/h6-7,10-11,17,19H,3-5,8-9,12-16H2,1-2H3,(H,24,28)(H,25,27). The van der Waals surface area contributed by atoms with Crippen molar-refractivity contribution in [2.24, 2.45) is 5.92 Å². The summed E-state index contributed by atoms with van der Waals surface area (Å²) in [6.07, 6.45) is 9.00. The van der Waals surface area contributed by atoms with Crippen LogP contribution in [-0.2, 0) is 9.53 Å². The average molecular weight is 403 g/mol. The molecule has 1 atom stereocenters. The summed E-state index contributed by atoms with van der Waals surface area (Å²) in [5.41, 5.74) is 0.518. The largest absolute Gasteiger partial charge is 0.379 e. The molecular weight excluding hydrogens is 368 g/mol. The smallest absolute Gasteiger partial charge is 0.252 e. The number of carbonyl (C=O) groups is 2. The number of amides is 2. The van der Waals surface area contributed by atoms with Crippen LogP contribution in [0.4, 0.5) is 0 Å². The fourth-order valence-electron chi connectivity index (χ4n) is 4.48. The monoisotopic (exact) mass is 402 g/mol. The van der Waals surface area contributed by atoms with E-state index >= 15 is 0 Å². The predicted octanol–water partition coefficient (Wildman–Crippen LogP) is 1.99. The van der Waals surface area contributed by atoms with Crippen molar-refractivity contribution in [2.75, 3.05) is 32.8 Å². The summed E-state index contributed by atoms with van der Waals surface area (Å²) in [7, 11) is 0. The summed E-state index contributed by atoms with van der Waals surface area (Å²) in [6.45, 7) is 7.88. The molecule has 0 bridgehead atoms. The molecule has 7 heteroatoms. The van der Waals surface area contributed by atoms with Gasteiger partial charge in [0.15, 0.2) is 0 Å². The number of hydrogen-bond donors (Lipinski definition) is 2. The number of hydrogen-bond acceptors (Lipinski definition) is 5. The lowest BCUT2D eigenvalue weighted by molar-refractivity contribution is -0.125. The molecule has 1 aliphatic carbocycles. The van der Waals surface area contributed by atoms with Gasteiger partial charge in [-0.05, 0) is 30.9 Å². The Morgan fingerprint density at radius 2 is 1.79 bits per heavy atom. The Balaban J connectivity index is 1.64. The fourth-order valence-corrected chi connectivity index (χ4v) is 4.48. The Hall–Kier alpha value is -1.99. The Labute approximate surface area is 173 Å². The maximum Gasteiger partial charge on any atom is 0.252 e. The zero-order chi connectivity index (χ0) is 20.7. The first-order valence-electron chi connectivity index (χ1n) is 10.8. The Kier molecular flexibility index (Phi) is 7.61. The van der Waals surface area contributed by atoms with E-state index in [1.165, 1.54) is 19.3 Å². The van der Waals surface area contributed by atoms with Gasteiger partial charge in [-0.25, -0.2) is 0 Å². The van der Waals surface area contributed by atoms with Crippen LogP contribution in [0.5, 0.6) is 0 Å². The zero-order valence-corrected chi connectivity index (χ0v) is 17.7. The van der Waals surface area contributed by atoms with Gasteiger partial charge in [0.2, 0.25) is 5.91 Å². The van der Waals surface area contributed by atoms with Gasteiger partial charge >= 0.3 is 0 Å². The predicted molar refractivity (Wildman–Crippen MR) is 112 cm³/mol. The summed E-state index contributed by atoms with van der Waals surface area (Å²) >= 11 is 0. The van der Waals surface area contributed by atoms with Crippen molar-refractivity contribution in [1.82, 2.24) is 20.5 Å². The van der Waals surface area contributed by atoms with Crippen LogP contribution >= 0.6 is 0 Å². The second-order valence-electron chi connectivity index (χ2n) is 8.53. The number of nitrogens with zero attached hydrogens (tertiary/aromatic N) is 2. The summed E-state index contributed by atoms with van der Waals surface area (Å²) in [5.74, 6) is -0.367. The maximum absolute atomic E-state index is 13.0. The van der Waals surface area contributed by atoms with Crippen LogP contribution in [0.15, 0.2) is 24.5 Å². The van der Waals surface area contributed by atoms with E-state index in [2.05, 4.69) is 20.5 Å². The number of carbonyl (C=O) groups excluding carboxylic acids is 2. The Bertz CT molecular complexity index is 668. The molecule has 1 aromatic heterocycles. The van der Waals surface area contributed by atoms with Crippen molar-refractivity contribution in [1.29, 1.82) is 0 Å². The number of pyridine rings is 1. The molecule has 1 unspecified atom stereocenters. The van der Waals surface area contributed by atoms with Gasteiger partial charge in [-0.1, -0.05) is 33.1 Å². The molecule has 2 heterocycles. The normalized spacial score (nSPS) is 20.8. The van der Waals surface area contributed by atoms with Crippen LogP contribution in [0, 0.1) is 5.92 Å². The third-order valence-electron chi connectivity index (χ3n) is 6.24. The number of rotatable bonds is 7. The van der Waals surface area contributed by atoms with Gasteiger partial charge in [0.25, 0.3) is 5.91 Å². The second-order valence-corrected chi connectivity index (χ2v) is 8.53. The summed E-state index contributed by atoms with van der Waals surface area (Å²) in [6, 6.07) is 2.74. The molecule has 29 heavy (non-hydrogen) atoms. The molecule has 1 aliphatic heterocycles. The lowest BCUT2D eigenvalue weighted by Crippen LogP contribution is -2.61. The minimum Gasteiger partial charge on any atom is -0.379 e. The minimum absolute atomic E-state index is 0.00789. The van der Waals surface area contributed by atoms with Crippen LogP contribution in [0.2, 0.25) is 0 Å². The van der Waals surface area contributed by atoms with Crippen molar-refractivity contribution in [2.45, 2.75) is 57.5 Å². The van der Waals surface area contributed by atoms with Gasteiger partial charge in [-0.2, -0.15) is 0 Å². The first-order chi connectivity index (χ1) is 14.0. The molecule has 2 N–H and O–H groups in total. The van der Waals surface area contributed by atoms with Crippen molar-refractivity contribution < 1.29 is 14.3 Å². The lowest BCUT2D eigenvalue weighted by Gasteiger charge is -2.48. The lowest BCUT2D eigenvalue weighted by atomic mass is 9.79. The van der Waals surface area contributed by atoms with E-state index in [0.29, 0.717) is 12.1 Å². The highest BCUT2D eigenvalue weighted by atomic mass is 16.5. The van der Waals surface area contributed by atoms with Gasteiger partial charge in [-0.3, -0.25) is 19.5 Å². The molecule has 1 aromatic rings. The van der Waals surface area contributed by atoms with Crippen LogP contribution in [0.1, 0.15) is 56.3 Å². The Morgan fingerprint density at radius 3 is 2.41 bits per heavy atom. The first kappa shape index (κ1) is 21.7. The number of ether oxygens (including phenoxy) is 1. The van der Waals surface area contributed by atoms with E-state index in [-0.39, 0.29) is 23.3 Å². The topological polar surface area (TPSA) is 83.6 Å². The van der Waals surface area contributed by atoms with E-state index in [0.717, 1.165) is 39.1 Å². The van der Waals surface area contributed by atoms with E-state index in [1.807, 2.05) is 13.8 Å². The highest BCUT2D eigenvalue weighted by Gasteiger charge is 2.39. The Morgan fingerprint density at radius 1 is 1.14 bits per heavy atom. The highest BCUT2D eigenvalue weighted by Crippen LogP contribution is 2.33. The molecule has 2 aliphatic rings. The molecule has 0 aromatic carbocycles. The molecule has 0 radical (unpaired) electrons. The molecule has 2 fully saturated rings. The van der Waals surface area contributed by atoms with Crippen molar-refractivity contribution in [3.05, 3.63) is 30.1 Å². The number of aromatic nitrogens is 1. The quantitative estimate of drug-likeness (QED) is 0.729. The van der Waals surface area contributed by atoms with E-state index < -0.39 is 6.04 Å². The van der Waals surface area contributed by atoms with Gasteiger partial charge < -0.3 is 15.4 Å². The van der Waals surface area contributed by atoms with Crippen LogP contribution < -0.4 is 10.6 Å². The molecule has 160 valence electrons. The average Bonchev–Trinajstić information content (AvgIpc) is 2.77. The third-order valence-corrected chi connectivity index (χ3v) is 6.24. The van der Waals surface area contributed by atoms with E-state index in [1.54, 1.807) is 24.5 Å². The fraction of sp³-hybridized carbons (Fsp3) is 0.682. The summed E-state index contributed by atoms with van der Waals surface area (Å²) < 4.78 is 5.54. The minimum atomic E-state index is -0.569. The molecule has 7 nitrogen and oxygen atoms in total. The van der Waals surface area contributed by atoms with Gasteiger partial charge in [0.1, 0.15) is 6.04 Å². The molecule has 1 saturated carbocycles. The number of nitrogens with one attached hydrogen (secondary N) is 2. The van der Waals surface area contributed by atoms with E-state index in [9.17, 15) is 9.59 Å². The molecule has 1 saturated heterocycles. The zero-order valence-electron chi connectivity index (χ0n) is 17.7. The molecule has 0 spiro atoms. The molecular formula is C22H34N4O3. The molecule has 2 amide bonds. The van der Waals surface area contributed by atoms with Crippen LogP contribution in [0.3, 0.4) is 0 Å². The maximum atomic E-state index is 13.0. The second kappa shape index (κ2) is 10.2. The summed E-state index contributed by atoms with van der Waals surface area (Å²) in [4.78, 5) is 32.0. The van der Waals surface area contributed by atoms with Crippen molar-refractivity contribution in [3.63, 3.8) is 0 Å². The van der Waals surface area contributed by atoms with Gasteiger partial charge in [0.05, 0.1) is 13.2 Å². The van der Waals surface area contributed by atoms with Crippen LogP contribution in [0.25, 0.3) is 0 Å². The number of morpholine rings is 1. The van der Waals surface area contributed by atoms with Crippen molar-refractivity contribution in [3.8, 4) is 0 Å². The highest BCUT2D eigenvalue weighted by molar-refractivity contribution is 5.97. The van der Waals surface area contributed by atoms with E-state index in [4.69, 9.17) is 4.74 Å². The molecule has 3 rings (SSSR count). The van der Waals surface area contributed by atoms with Gasteiger partial charge in [0, 0.05) is 43.1 Å².